The second kappa shape index (κ2) is 5.69. The van der Waals surface area contributed by atoms with Gasteiger partial charge in [0.15, 0.2) is 0 Å². The minimum absolute atomic E-state index is 0.0262. The summed E-state index contributed by atoms with van der Waals surface area (Å²) in [6.45, 7) is 0.0262. The fraction of sp³-hybridized carbons (Fsp3) is 0.200. The molecule has 0 fully saturated rings. The van der Waals surface area contributed by atoms with Gasteiger partial charge in [0.05, 0.1) is 25.0 Å². The van der Waals surface area contributed by atoms with Crippen molar-refractivity contribution in [3.8, 4) is 0 Å². The SMILES string of the molecule is COC(=O)c1cnc(COC(=O)c2cncs2)s1. The summed E-state index contributed by atoms with van der Waals surface area (Å²) < 4.78 is 9.58. The Kier molecular flexibility index (Phi) is 4.00. The number of rotatable bonds is 4. The molecule has 2 aromatic heterocycles. The monoisotopic (exact) mass is 284 g/mol. The molecule has 2 rings (SSSR count). The van der Waals surface area contributed by atoms with E-state index in [9.17, 15) is 9.59 Å². The first-order chi connectivity index (χ1) is 8.70. The number of carbonyl (C=O) groups is 2. The smallest absolute Gasteiger partial charge is 0.350 e. The largest absolute Gasteiger partial charge is 0.465 e. The van der Waals surface area contributed by atoms with E-state index in [1.807, 2.05) is 0 Å². The van der Waals surface area contributed by atoms with Gasteiger partial charge >= 0.3 is 11.9 Å². The number of thiazole rings is 2. The molecule has 0 aliphatic rings. The molecule has 0 amide bonds. The van der Waals surface area contributed by atoms with Crippen LogP contribution in [0.15, 0.2) is 17.9 Å². The number of aromatic nitrogens is 2. The molecule has 94 valence electrons. The minimum atomic E-state index is -0.452. The lowest BCUT2D eigenvalue weighted by molar-refractivity contribution is 0.0477. The van der Waals surface area contributed by atoms with Gasteiger partial charge in [-0.15, -0.1) is 22.7 Å². The lowest BCUT2D eigenvalue weighted by atomic mass is 10.5. The molecular formula is C10H8N2O4S2. The molecule has 2 aromatic rings. The van der Waals surface area contributed by atoms with Crippen LogP contribution in [0, 0.1) is 0 Å². The van der Waals surface area contributed by atoms with Crippen LogP contribution in [0.2, 0.25) is 0 Å². The van der Waals surface area contributed by atoms with Gasteiger partial charge in [0.1, 0.15) is 21.4 Å². The van der Waals surface area contributed by atoms with Gasteiger partial charge < -0.3 is 9.47 Å². The first-order valence-electron chi connectivity index (χ1n) is 4.79. The Morgan fingerprint density at radius 1 is 1.28 bits per heavy atom. The second-order valence-electron chi connectivity index (χ2n) is 3.05. The summed E-state index contributed by atoms with van der Waals surface area (Å²) in [6, 6.07) is 0. The lowest BCUT2D eigenvalue weighted by Gasteiger charge is -1.98. The fourth-order valence-corrected chi connectivity index (χ4v) is 2.35. The maximum Gasteiger partial charge on any atom is 0.350 e. The van der Waals surface area contributed by atoms with Crippen LogP contribution in [0.5, 0.6) is 0 Å². The Balaban J connectivity index is 1.93. The summed E-state index contributed by atoms with van der Waals surface area (Å²) in [5.41, 5.74) is 1.55. The van der Waals surface area contributed by atoms with Gasteiger partial charge in [-0.1, -0.05) is 0 Å². The van der Waals surface area contributed by atoms with Crippen molar-refractivity contribution in [1.29, 1.82) is 0 Å². The van der Waals surface area contributed by atoms with Crippen molar-refractivity contribution < 1.29 is 19.1 Å². The Hall–Kier alpha value is -1.80. The van der Waals surface area contributed by atoms with E-state index in [4.69, 9.17) is 4.74 Å². The molecule has 0 aromatic carbocycles. The predicted octanol–water partition coefficient (Wildman–Crippen LogP) is 1.74. The average Bonchev–Trinajstić information content (AvgIpc) is 3.05. The summed E-state index contributed by atoms with van der Waals surface area (Å²) in [6.07, 6.45) is 2.83. The first kappa shape index (κ1) is 12.7. The Morgan fingerprint density at radius 2 is 2.11 bits per heavy atom. The van der Waals surface area contributed by atoms with E-state index in [1.54, 1.807) is 5.51 Å². The zero-order valence-corrected chi connectivity index (χ0v) is 10.9. The van der Waals surface area contributed by atoms with E-state index in [1.165, 1.54) is 30.8 Å². The second-order valence-corrected chi connectivity index (χ2v) is 5.05. The van der Waals surface area contributed by atoms with E-state index in [0.717, 1.165) is 11.3 Å². The summed E-state index contributed by atoms with van der Waals surface area (Å²) in [5.74, 6) is -0.903. The van der Waals surface area contributed by atoms with Gasteiger partial charge in [-0.2, -0.15) is 0 Å². The molecule has 0 aliphatic heterocycles. The third-order valence-electron chi connectivity index (χ3n) is 1.90. The average molecular weight is 284 g/mol. The highest BCUT2D eigenvalue weighted by Gasteiger charge is 2.13. The highest BCUT2D eigenvalue weighted by Crippen LogP contribution is 2.16. The molecule has 18 heavy (non-hydrogen) atoms. The van der Waals surface area contributed by atoms with Crippen molar-refractivity contribution in [2.24, 2.45) is 0 Å². The van der Waals surface area contributed by atoms with Crippen LogP contribution < -0.4 is 0 Å². The van der Waals surface area contributed by atoms with Gasteiger partial charge in [-0.05, 0) is 0 Å². The van der Waals surface area contributed by atoms with Crippen LogP contribution in [0.25, 0.3) is 0 Å². The standard InChI is InChI=1S/C10H8N2O4S2/c1-15-9(13)7-3-12-8(18-7)4-16-10(14)6-2-11-5-17-6/h2-3,5H,4H2,1H3. The minimum Gasteiger partial charge on any atom is -0.465 e. The van der Waals surface area contributed by atoms with Gasteiger partial charge in [-0.3, -0.25) is 4.98 Å². The molecule has 0 bridgehead atoms. The summed E-state index contributed by atoms with van der Waals surface area (Å²) >= 11 is 2.33. The third-order valence-corrected chi connectivity index (χ3v) is 3.60. The normalized spacial score (nSPS) is 10.1. The van der Waals surface area contributed by atoms with Crippen LogP contribution in [0.1, 0.15) is 24.4 Å². The fourth-order valence-electron chi connectivity index (χ4n) is 1.09. The van der Waals surface area contributed by atoms with Crippen molar-refractivity contribution in [2.75, 3.05) is 7.11 Å². The van der Waals surface area contributed by atoms with Gasteiger partial charge in [-0.25, -0.2) is 14.6 Å². The molecule has 0 unspecified atom stereocenters. The molecule has 8 heteroatoms. The molecular weight excluding hydrogens is 276 g/mol. The highest BCUT2D eigenvalue weighted by atomic mass is 32.1. The van der Waals surface area contributed by atoms with Crippen LogP contribution in [-0.2, 0) is 16.1 Å². The maximum atomic E-state index is 11.5. The number of ether oxygens (including phenoxy) is 2. The number of carbonyl (C=O) groups excluding carboxylic acids is 2. The van der Waals surface area contributed by atoms with E-state index < -0.39 is 11.9 Å². The molecule has 0 saturated carbocycles. The quantitative estimate of drug-likeness (QED) is 0.796. The molecule has 0 radical (unpaired) electrons. The van der Waals surface area contributed by atoms with Gasteiger partial charge in [0, 0.05) is 0 Å². The Labute approximate surface area is 110 Å². The summed E-state index contributed by atoms with van der Waals surface area (Å²) in [5, 5.41) is 0.535. The number of nitrogens with zero attached hydrogens (tertiary/aromatic N) is 2. The zero-order valence-electron chi connectivity index (χ0n) is 9.28. The molecule has 0 N–H and O–H groups in total. The topological polar surface area (TPSA) is 78.4 Å². The maximum absolute atomic E-state index is 11.5. The zero-order chi connectivity index (χ0) is 13.0. The summed E-state index contributed by atoms with van der Waals surface area (Å²) in [7, 11) is 1.30. The number of hydrogen-bond acceptors (Lipinski definition) is 8. The Morgan fingerprint density at radius 3 is 2.78 bits per heavy atom. The molecule has 0 atom stereocenters. The highest BCUT2D eigenvalue weighted by molar-refractivity contribution is 7.13. The van der Waals surface area contributed by atoms with E-state index >= 15 is 0 Å². The van der Waals surface area contributed by atoms with Crippen molar-refractivity contribution in [3.05, 3.63) is 32.7 Å². The van der Waals surface area contributed by atoms with Crippen molar-refractivity contribution in [2.45, 2.75) is 6.61 Å². The van der Waals surface area contributed by atoms with Crippen LogP contribution in [-0.4, -0.2) is 29.0 Å². The van der Waals surface area contributed by atoms with E-state index in [-0.39, 0.29) is 6.61 Å². The summed E-state index contributed by atoms with van der Waals surface area (Å²) in [4.78, 5) is 31.2. The van der Waals surface area contributed by atoms with Gasteiger partial charge in [0.25, 0.3) is 0 Å². The number of esters is 2. The van der Waals surface area contributed by atoms with Crippen molar-refractivity contribution in [3.63, 3.8) is 0 Å². The van der Waals surface area contributed by atoms with Crippen molar-refractivity contribution >= 4 is 34.6 Å². The van der Waals surface area contributed by atoms with E-state index in [2.05, 4.69) is 14.7 Å². The number of methoxy groups -OCH3 is 1. The van der Waals surface area contributed by atoms with Gasteiger partial charge in [0.2, 0.25) is 0 Å². The predicted molar refractivity (Wildman–Crippen MR) is 64.7 cm³/mol. The molecule has 2 heterocycles. The molecule has 6 nitrogen and oxygen atoms in total. The third kappa shape index (κ3) is 2.90. The number of hydrogen-bond donors (Lipinski definition) is 0. The molecule has 0 saturated heterocycles. The lowest BCUT2D eigenvalue weighted by Crippen LogP contribution is -2.02. The van der Waals surface area contributed by atoms with E-state index in [0.29, 0.717) is 14.8 Å². The van der Waals surface area contributed by atoms with Crippen LogP contribution >= 0.6 is 22.7 Å². The molecule has 0 spiro atoms. The first-order valence-corrected chi connectivity index (χ1v) is 6.49. The van der Waals surface area contributed by atoms with Crippen molar-refractivity contribution in [1.82, 2.24) is 9.97 Å². The van der Waals surface area contributed by atoms with Crippen LogP contribution in [0.4, 0.5) is 0 Å². The van der Waals surface area contributed by atoms with Crippen LogP contribution in [0.3, 0.4) is 0 Å². The molecule has 0 aliphatic carbocycles. The Bertz CT molecular complexity index is 550.